The van der Waals surface area contributed by atoms with Crippen molar-refractivity contribution in [3.05, 3.63) is 28.8 Å². The number of hydrogen-bond donors (Lipinski definition) is 1. The normalized spacial score (nSPS) is 10.1. The number of benzene rings is 1. The van der Waals surface area contributed by atoms with E-state index in [2.05, 4.69) is 5.32 Å². The number of nitrogens with zero attached hydrogens (tertiary/aromatic N) is 1. The molecule has 0 aromatic heterocycles. The molecule has 0 aliphatic carbocycles. The summed E-state index contributed by atoms with van der Waals surface area (Å²) in [4.78, 5) is 36.9. The van der Waals surface area contributed by atoms with Crippen LogP contribution in [-0.4, -0.2) is 56.0 Å². The van der Waals surface area contributed by atoms with Gasteiger partial charge in [0.15, 0.2) is 6.61 Å². The Balaban J connectivity index is 2.56. The Morgan fingerprint density at radius 2 is 1.96 bits per heavy atom. The van der Waals surface area contributed by atoms with Gasteiger partial charge in [0.1, 0.15) is 5.75 Å². The van der Waals surface area contributed by atoms with E-state index in [0.29, 0.717) is 29.4 Å². The fraction of sp³-hybridized carbons (Fsp3) is 0.471. The predicted octanol–water partition coefficient (Wildman–Crippen LogP) is 1.42. The van der Waals surface area contributed by atoms with Crippen LogP contribution in [0.4, 0.5) is 0 Å². The lowest BCUT2D eigenvalue weighted by atomic mass is 10.1. The van der Waals surface area contributed by atoms with E-state index in [-0.39, 0.29) is 18.9 Å². The molecule has 0 spiro atoms. The molecule has 0 atom stereocenters. The lowest BCUT2D eigenvalue weighted by molar-refractivity contribution is -0.152. The van der Waals surface area contributed by atoms with Crippen LogP contribution in [0, 0.1) is 0 Å². The van der Waals surface area contributed by atoms with E-state index in [1.165, 1.54) is 12.0 Å². The van der Waals surface area contributed by atoms with E-state index < -0.39 is 18.5 Å². The molecule has 0 aliphatic rings. The van der Waals surface area contributed by atoms with Gasteiger partial charge in [-0.3, -0.25) is 14.4 Å². The van der Waals surface area contributed by atoms with Gasteiger partial charge in [-0.25, -0.2) is 0 Å². The Hall–Kier alpha value is -2.28. The molecule has 0 fully saturated rings. The third-order valence-electron chi connectivity index (χ3n) is 3.38. The average molecular weight is 371 g/mol. The van der Waals surface area contributed by atoms with Crippen molar-refractivity contribution in [3.8, 4) is 5.75 Å². The maximum absolute atomic E-state index is 12.1. The highest BCUT2D eigenvalue weighted by Crippen LogP contribution is 2.23. The fourth-order valence-corrected chi connectivity index (χ4v) is 2.32. The summed E-state index contributed by atoms with van der Waals surface area (Å²) in [5, 5.41) is 3.08. The quantitative estimate of drug-likeness (QED) is 0.664. The zero-order chi connectivity index (χ0) is 18.8. The smallest absolute Gasteiger partial charge is 0.310 e. The van der Waals surface area contributed by atoms with Crippen molar-refractivity contribution in [2.75, 3.05) is 33.4 Å². The number of amides is 2. The summed E-state index contributed by atoms with van der Waals surface area (Å²) in [5.41, 5.74) is 0.571. The Morgan fingerprint density at radius 3 is 2.56 bits per heavy atom. The van der Waals surface area contributed by atoms with Crippen molar-refractivity contribution in [2.45, 2.75) is 20.3 Å². The zero-order valence-corrected chi connectivity index (χ0v) is 15.4. The van der Waals surface area contributed by atoms with Crippen molar-refractivity contribution < 1.29 is 23.9 Å². The van der Waals surface area contributed by atoms with Gasteiger partial charge in [-0.1, -0.05) is 11.6 Å². The molecule has 0 aliphatic heterocycles. The molecular formula is C17H23ClN2O5. The van der Waals surface area contributed by atoms with Gasteiger partial charge in [-0.05, 0) is 32.0 Å². The highest BCUT2D eigenvalue weighted by atomic mass is 35.5. The number of carbonyl (C=O) groups is 3. The molecular weight excluding hydrogens is 348 g/mol. The summed E-state index contributed by atoms with van der Waals surface area (Å²) >= 11 is 5.91. The summed E-state index contributed by atoms with van der Waals surface area (Å²) in [6.45, 7) is 3.88. The van der Waals surface area contributed by atoms with Crippen molar-refractivity contribution >= 4 is 29.4 Å². The minimum absolute atomic E-state index is 0.0666. The van der Waals surface area contributed by atoms with E-state index in [9.17, 15) is 14.4 Å². The lowest BCUT2D eigenvalue weighted by Crippen LogP contribution is -2.42. The minimum Gasteiger partial charge on any atom is -0.496 e. The SMILES string of the molecule is CCNC(=O)CN(CC)C(=O)COC(=O)Cc1cc(Cl)ccc1OC. The molecule has 2 amide bonds. The Labute approximate surface area is 152 Å². The van der Waals surface area contributed by atoms with Gasteiger partial charge in [0.25, 0.3) is 5.91 Å². The van der Waals surface area contributed by atoms with E-state index in [1.54, 1.807) is 32.0 Å². The average Bonchev–Trinajstić information content (AvgIpc) is 2.58. The van der Waals surface area contributed by atoms with E-state index in [1.807, 2.05) is 0 Å². The van der Waals surface area contributed by atoms with Gasteiger partial charge in [0.05, 0.1) is 20.1 Å². The number of carbonyl (C=O) groups excluding carboxylic acids is 3. The number of nitrogens with one attached hydrogen (secondary N) is 1. The highest BCUT2D eigenvalue weighted by molar-refractivity contribution is 6.30. The van der Waals surface area contributed by atoms with Crippen LogP contribution >= 0.6 is 11.6 Å². The van der Waals surface area contributed by atoms with Gasteiger partial charge in [0.2, 0.25) is 5.91 Å². The molecule has 0 radical (unpaired) electrons. The van der Waals surface area contributed by atoms with E-state index in [0.717, 1.165) is 0 Å². The second kappa shape index (κ2) is 10.6. The van der Waals surface area contributed by atoms with Crippen molar-refractivity contribution in [1.29, 1.82) is 0 Å². The van der Waals surface area contributed by atoms with Crippen molar-refractivity contribution in [1.82, 2.24) is 10.2 Å². The third-order valence-corrected chi connectivity index (χ3v) is 3.61. The summed E-state index contributed by atoms with van der Waals surface area (Å²) in [6, 6.07) is 4.91. The van der Waals surface area contributed by atoms with Crippen LogP contribution in [-0.2, 0) is 25.5 Å². The number of methoxy groups -OCH3 is 1. The molecule has 25 heavy (non-hydrogen) atoms. The molecule has 8 heteroatoms. The molecule has 0 saturated heterocycles. The maximum Gasteiger partial charge on any atom is 0.310 e. The summed E-state index contributed by atoms with van der Waals surface area (Å²) in [5.74, 6) is -0.755. The van der Waals surface area contributed by atoms with Crippen molar-refractivity contribution in [2.24, 2.45) is 0 Å². The summed E-state index contributed by atoms with van der Waals surface area (Å²) < 4.78 is 10.2. The number of esters is 1. The fourth-order valence-electron chi connectivity index (χ4n) is 2.13. The molecule has 138 valence electrons. The molecule has 1 aromatic rings. The van der Waals surface area contributed by atoms with Gasteiger partial charge in [-0.2, -0.15) is 0 Å². The standard InChI is InChI=1S/C17H23ClN2O5/c1-4-19-15(21)10-20(5-2)16(22)11-25-17(23)9-12-8-13(18)6-7-14(12)24-3/h6-8H,4-5,9-11H2,1-3H3,(H,19,21). The topological polar surface area (TPSA) is 84.9 Å². The van der Waals surface area contributed by atoms with Crippen LogP contribution in [0.15, 0.2) is 18.2 Å². The zero-order valence-electron chi connectivity index (χ0n) is 14.6. The van der Waals surface area contributed by atoms with Crippen LogP contribution < -0.4 is 10.1 Å². The number of rotatable bonds is 9. The van der Waals surface area contributed by atoms with E-state index in [4.69, 9.17) is 21.1 Å². The van der Waals surface area contributed by atoms with Gasteiger partial charge >= 0.3 is 5.97 Å². The molecule has 7 nitrogen and oxygen atoms in total. The molecule has 0 heterocycles. The Bertz CT molecular complexity index is 621. The number of likely N-dealkylation sites (N-methyl/N-ethyl adjacent to an activating group) is 2. The van der Waals surface area contributed by atoms with E-state index >= 15 is 0 Å². The van der Waals surface area contributed by atoms with Crippen LogP contribution in [0.1, 0.15) is 19.4 Å². The minimum atomic E-state index is -0.581. The van der Waals surface area contributed by atoms with Crippen molar-refractivity contribution in [3.63, 3.8) is 0 Å². The lowest BCUT2D eigenvalue weighted by Gasteiger charge is -2.20. The maximum atomic E-state index is 12.1. The molecule has 1 N–H and O–H groups in total. The van der Waals surface area contributed by atoms with Crippen LogP contribution in [0.2, 0.25) is 5.02 Å². The number of ether oxygens (including phenoxy) is 2. The Kier molecular flexibility index (Phi) is 8.77. The number of hydrogen-bond acceptors (Lipinski definition) is 5. The first-order chi connectivity index (χ1) is 11.9. The first-order valence-electron chi connectivity index (χ1n) is 7.93. The van der Waals surface area contributed by atoms with Crippen LogP contribution in [0.3, 0.4) is 0 Å². The van der Waals surface area contributed by atoms with Gasteiger partial charge in [-0.15, -0.1) is 0 Å². The molecule has 1 rings (SSSR count). The third kappa shape index (κ3) is 7.01. The highest BCUT2D eigenvalue weighted by Gasteiger charge is 2.18. The molecule has 0 bridgehead atoms. The van der Waals surface area contributed by atoms with Crippen LogP contribution in [0.5, 0.6) is 5.75 Å². The Morgan fingerprint density at radius 1 is 1.24 bits per heavy atom. The first kappa shape index (κ1) is 20.8. The second-order valence-corrected chi connectivity index (χ2v) is 5.59. The summed E-state index contributed by atoms with van der Waals surface area (Å²) in [7, 11) is 1.49. The molecule has 0 unspecified atom stereocenters. The van der Waals surface area contributed by atoms with Gasteiger partial charge in [0, 0.05) is 23.7 Å². The second-order valence-electron chi connectivity index (χ2n) is 5.16. The van der Waals surface area contributed by atoms with Gasteiger partial charge < -0.3 is 19.7 Å². The predicted molar refractivity (Wildman–Crippen MR) is 93.6 cm³/mol. The monoisotopic (exact) mass is 370 g/mol. The largest absolute Gasteiger partial charge is 0.496 e. The molecule has 0 saturated carbocycles. The van der Waals surface area contributed by atoms with Crippen LogP contribution in [0.25, 0.3) is 0 Å². The molecule has 1 aromatic carbocycles. The number of halogens is 1. The first-order valence-corrected chi connectivity index (χ1v) is 8.31. The summed E-state index contributed by atoms with van der Waals surface area (Å²) in [6.07, 6.45) is -0.0700.